The summed E-state index contributed by atoms with van der Waals surface area (Å²) in [5, 5.41) is 23.8. The van der Waals surface area contributed by atoms with Crippen molar-refractivity contribution in [2.24, 2.45) is 0 Å². The summed E-state index contributed by atoms with van der Waals surface area (Å²) in [6.07, 6.45) is -4.86. The average molecular weight is 599 g/mol. The SMILES string of the molecule is CCOc1nc(N)nc2c1ncn2C1O[C@](F)(COP(=O)(N[C@H](C)C(=O)OC(C)C)Oc2ccccc2)[C@@H](O)[C@H]1O. The number of aromatic nitrogens is 4. The number of esters is 1. The van der Waals surface area contributed by atoms with E-state index in [-0.39, 0.29) is 35.3 Å². The number of nitrogens with two attached hydrogens (primary N) is 1. The molecule has 0 saturated carbocycles. The molecule has 1 aliphatic heterocycles. The quantitative estimate of drug-likeness (QED) is 0.174. The number of ether oxygens (including phenoxy) is 3. The number of anilines is 1. The first kappa shape index (κ1) is 30.6. The van der Waals surface area contributed by atoms with E-state index in [1.165, 1.54) is 25.4 Å². The standard InChI is InChI=1S/C24H32FN6O9P/c1-5-36-20-16-19(28-23(26)29-20)31(12-27-16)21-17(32)18(33)24(25,39-21)11-37-41(35,40-15-9-7-6-8-10-15)30-14(4)22(34)38-13(2)3/h6-10,12-14,17-18,21,32-33H,5,11H2,1-4H3,(H,30,35)(H2,26,28,29)/t14-,17-,18+,21?,24-,41?/m1/s1. The lowest BCUT2D eigenvalue weighted by Crippen LogP contribution is -2.44. The lowest BCUT2D eigenvalue weighted by molar-refractivity contribution is -0.202. The van der Waals surface area contributed by atoms with Gasteiger partial charge in [0.05, 0.1) is 19.0 Å². The molecule has 3 heterocycles. The molecule has 2 unspecified atom stereocenters. The lowest BCUT2D eigenvalue weighted by atomic mass is 10.1. The number of fused-ring (bicyclic) bond motifs is 1. The molecule has 15 nitrogen and oxygen atoms in total. The Bertz CT molecular complexity index is 1410. The lowest BCUT2D eigenvalue weighted by Gasteiger charge is -2.27. The third-order valence-electron chi connectivity index (χ3n) is 5.79. The molecule has 2 aromatic heterocycles. The predicted octanol–water partition coefficient (Wildman–Crippen LogP) is 1.86. The molecule has 1 saturated heterocycles. The van der Waals surface area contributed by atoms with Gasteiger partial charge < -0.3 is 34.7 Å². The Balaban J connectivity index is 1.57. The first-order chi connectivity index (χ1) is 19.4. The number of alkyl halides is 1. The fourth-order valence-electron chi connectivity index (χ4n) is 3.93. The molecule has 0 amide bonds. The van der Waals surface area contributed by atoms with Gasteiger partial charge in [0.1, 0.15) is 30.6 Å². The van der Waals surface area contributed by atoms with Crippen LogP contribution in [0.2, 0.25) is 0 Å². The smallest absolute Gasteiger partial charge is 0.459 e. The van der Waals surface area contributed by atoms with Crippen molar-refractivity contribution < 1.29 is 47.2 Å². The van der Waals surface area contributed by atoms with Crippen molar-refractivity contribution in [3.8, 4) is 11.6 Å². The zero-order chi connectivity index (χ0) is 29.9. The molecule has 5 N–H and O–H groups in total. The number of para-hydroxylation sites is 1. The van der Waals surface area contributed by atoms with Crippen LogP contribution in [-0.4, -0.2) is 79.1 Å². The molecule has 1 aliphatic rings. The number of hydrogen-bond acceptors (Lipinski definition) is 13. The molecule has 0 radical (unpaired) electrons. The first-order valence-electron chi connectivity index (χ1n) is 12.7. The van der Waals surface area contributed by atoms with Gasteiger partial charge in [0.15, 0.2) is 17.4 Å². The van der Waals surface area contributed by atoms with Crippen LogP contribution in [0.4, 0.5) is 10.3 Å². The monoisotopic (exact) mass is 598 g/mol. The van der Waals surface area contributed by atoms with Crippen molar-refractivity contribution in [3.63, 3.8) is 0 Å². The second kappa shape index (κ2) is 12.2. The number of aliphatic hydroxyl groups is 2. The highest BCUT2D eigenvalue weighted by molar-refractivity contribution is 7.52. The van der Waals surface area contributed by atoms with Crippen molar-refractivity contribution in [1.29, 1.82) is 0 Å². The number of carbonyl (C=O) groups is 1. The number of nitrogens with zero attached hydrogens (tertiary/aromatic N) is 4. The fourth-order valence-corrected chi connectivity index (χ4v) is 5.43. The maximum Gasteiger partial charge on any atom is 0.459 e. The second-order valence-electron chi connectivity index (χ2n) is 9.39. The molecular weight excluding hydrogens is 566 g/mol. The summed E-state index contributed by atoms with van der Waals surface area (Å²) < 4.78 is 57.7. The molecule has 6 atom stereocenters. The summed E-state index contributed by atoms with van der Waals surface area (Å²) in [4.78, 5) is 24.5. The minimum Gasteiger partial charge on any atom is -0.476 e. The Morgan fingerprint density at radius 3 is 2.63 bits per heavy atom. The minimum absolute atomic E-state index is 0.0413. The van der Waals surface area contributed by atoms with E-state index in [1.54, 1.807) is 39.0 Å². The van der Waals surface area contributed by atoms with Crippen LogP contribution in [0.5, 0.6) is 11.6 Å². The Morgan fingerprint density at radius 2 is 1.98 bits per heavy atom. The van der Waals surface area contributed by atoms with E-state index in [0.29, 0.717) is 0 Å². The number of rotatable bonds is 12. The topological polar surface area (TPSA) is 202 Å². The zero-order valence-electron chi connectivity index (χ0n) is 22.7. The molecule has 0 aliphatic carbocycles. The minimum atomic E-state index is -4.51. The summed E-state index contributed by atoms with van der Waals surface area (Å²) in [6, 6.07) is 6.62. The van der Waals surface area contributed by atoms with Gasteiger partial charge in [-0.25, -0.2) is 13.9 Å². The van der Waals surface area contributed by atoms with Crippen molar-refractivity contribution in [2.45, 2.75) is 64.1 Å². The maximum absolute atomic E-state index is 16.0. The number of benzene rings is 1. The summed E-state index contributed by atoms with van der Waals surface area (Å²) in [5.41, 5.74) is 5.97. The van der Waals surface area contributed by atoms with E-state index in [2.05, 4.69) is 20.0 Å². The van der Waals surface area contributed by atoms with Crippen molar-refractivity contribution >= 4 is 30.8 Å². The van der Waals surface area contributed by atoms with Gasteiger partial charge in [-0.15, -0.1) is 0 Å². The van der Waals surface area contributed by atoms with E-state index < -0.39 is 56.8 Å². The van der Waals surface area contributed by atoms with Gasteiger partial charge in [0.25, 0.3) is 5.85 Å². The molecule has 4 rings (SSSR count). The summed E-state index contributed by atoms with van der Waals surface area (Å²) in [5.74, 6) is -3.89. The van der Waals surface area contributed by atoms with Crippen LogP contribution in [0.25, 0.3) is 11.2 Å². The second-order valence-corrected chi connectivity index (χ2v) is 11.1. The Morgan fingerprint density at radius 1 is 1.27 bits per heavy atom. The molecule has 1 aromatic carbocycles. The zero-order valence-corrected chi connectivity index (χ0v) is 23.6. The van der Waals surface area contributed by atoms with Gasteiger partial charge in [0.2, 0.25) is 11.8 Å². The van der Waals surface area contributed by atoms with Gasteiger partial charge in [-0.3, -0.25) is 13.9 Å². The van der Waals surface area contributed by atoms with Crippen LogP contribution < -0.4 is 20.1 Å². The Hall–Kier alpha value is -3.40. The van der Waals surface area contributed by atoms with Crippen molar-refractivity contribution in [1.82, 2.24) is 24.6 Å². The Kier molecular flexibility index (Phi) is 9.11. The van der Waals surface area contributed by atoms with E-state index in [9.17, 15) is 19.6 Å². The number of nitrogen functional groups attached to an aromatic ring is 1. The fraction of sp³-hybridized carbons (Fsp3) is 0.500. The summed E-state index contributed by atoms with van der Waals surface area (Å²) in [7, 11) is -4.51. The average Bonchev–Trinajstić information content (AvgIpc) is 3.42. The predicted molar refractivity (Wildman–Crippen MR) is 141 cm³/mol. The number of nitrogens with one attached hydrogen (secondary N) is 1. The number of halogens is 1. The first-order valence-corrected chi connectivity index (χ1v) is 14.2. The van der Waals surface area contributed by atoms with Gasteiger partial charge in [-0.05, 0) is 39.8 Å². The molecule has 41 heavy (non-hydrogen) atoms. The molecule has 224 valence electrons. The van der Waals surface area contributed by atoms with Crippen LogP contribution >= 0.6 is 7.75 Å². The third kappa shape index (κ3) is 6.74. The highest BCUT2D eigenvalue weighted by atomic mass is 31.2. The van der Waals surface area contributed by atoms with E-state index in [0.717, 1.165) is 4.57 Å². The third-order valence-corrected chi connectivity index (χ3v) is 7.42. The van der Waals surface area contributed by atoms with Crippen LogP contribution in [0, 0.1) is 0 Å². The van der Waals surface area contributed by atoms with Gasteiger partial charge in [0, 0.05) is 0 Å². The van der Waals surface area contributed by atoms with Gasteiger partial charge in [-0.1, -0.05) is 18.2 Å². The highest BCUT2D eigenvalue weighted by Gasteiger charge is 2.57. The van der Waals surface area contributed by atoms with Crippen LogP contribution in [0.1, 0.15) is 33.9 Å². The molecule has 1 fully saturated rings. The van der Waals surface area contributed by atoms with Gasteiger partial charge in [-0.2, -0.15) is 15.1 Å². The number of imidazole rings is 1. The van der Waals surface area contributed by atoms with Gasteiger partial charge >= 0.3 is 13.7 Å². The van der Waals surface area contributed by atoms with Crippen molar-refractivity contribution in [3.05, 3.63) is 36.7 Å². The number of hydrogen-bond donors (Lipinski definition) is 4. The van der Waals surface area contributed by atoms with E-state index in [4.69, 9.17) is 29.0 Å². The molecular formula is C24H32FN6O9P. The number of carbonyl (C=O) groups excluding carboxylic acids is 1. The largest absolute Gasteiger partial charge is 0.476 e. The molecule has 3 aromatic rings. The van der Waals surface area contributed by atoms with Crippen molar-refractivity contribution in [2.75, 3.05) is 18.9 Å². The van der Waals surface area contributed by atoms with Crippen LogP contribution in [-0.2, 0) is 23.4 Å². The summed E-state index contributed by atoms with van der Waals surface area (Å²) >= 11 is 0. The van der Waals surface area contributed by atoms with E-state index in [1.807, 2.05) is 0 Å². The van der Waals surface area contributed by atoms with Crippen LogP contribution in [0.3, 0.4) is 0 Å². The molecule has 0 spiro atoms. The maximum atomic E-state index is 16.0. The summed E-state index contributed by atoms with van der Waals surface area (Å²) in [6.45, 7) is 5.42. The Labute approximate surface area is 234 Å². The van der Waals surface area contributed by atoms with E-state index >= 15 is 4.39 Å². The normalized spacial score (nSPS) is 24.7. The molecule has 17 heteroatoms. The number of aliphatic hydroxyl groups excluding tert-OH is 2. The van der Waals surface area contributed by atoms with Crippen LogP contribution in [0.15, 0.2) is 36.7 Å². The molecule has 0 bridgehead atoms. The highest BCUT2D eigenvalue weighted by Crippen LogP contribution is 2.48.